The van der Waals surface area contributed by atoms with E-state index in [0.717, 1.165) is 28.9 Å². The Bertz CT molecular complexity index is 2520. The van der Waals surface area contributed by atoms with Crippen molar-refractivity contribution in [3.05, 3.63) is 191 Å². The molecule has 9 rings (SSSR count). The molecule has 0 fully saturated rings. The number of aromatic nitrogens is 1. The highest BCUT2D eigenvalue weighted by molar-refractivity contribution is 6.02. The fraction of sp³-hybridized carbons (Fsp3) is 0.163. The zero-order valence-corrected chi connectivity index (χ0v) is 30.6. The first-order chi connectivity index (χ1) is 25.9. The van der Waals surface area contributed by atoms with Crippen LogP contribution in [0.5, 0.6) is 0 Å². The minimum absolute atomic E-state index is 0.129. The molecule has 4 heteroatoms. The second kappa shape index (κ2) is 13.2. The van der Waals surface area contributed by atoms with Gasteiger partial charge in [0.05, 0.1) is 12.1 Å². The Morgan fingerprint density at radius 1 is 0.792 bits per heavy atom. The molecule has 0 saturated heterocycles. The van der Waals surface area contributed by atoms with Crippen LogP contribution < -0.4 is 11.1 Å². The summed E-state index contributed by atoms with van der Waals surface area (Å²) in [5.41, 5.74) is 22.9. The van der Waals surface area contributed by atoms with Crippen molar-refractivity contribution in [2.45, 2.75) is 51.2 Å². The van der Waals surface area contributed by atoms with Crippen molar-refractivity contribution >= 4 is 22.8 Å². The topological polar surface area (TPSA) is 55.3 Å². The Kier molecular flexibility index (Phi) is 8.21. The fourth-order valence-corrected chi connectivity index (χ4v) is 8.63. The highest BCUT2D eigenvalue weighted by Crippen LogP contribution is 2.53. The van der Waals surface area contributed by atoms with Crippen LogP contribution in [0.3, 0.4) is 0 Å². The summed E-state index contributed by atoms with van der Waals surface area (Å²) in [5.74, 6) is 1.17. The van der Waals surface area contributed by atoms with E-state index >= 15 is 0 Å². The lowest BCUT2D eigenvalue weighted by Gasteiger charge is -2.25. The Labute approximate surface area is 312 Å². The molecule has 0 aliphatic heterocycles. The van der Waals surface area contributed by atoms with Gasteiger partial charge in [0.15, 0.2) is 0 Å². The van der Waals surface area contributed by atoms with E-state index in [1.54, 1.807) is 0 Å². The van der Waals surface area contributed by atoms with Crippen LogP contribution in [0, 0.1) is 0 Å². The molecule has 0 bridgehead atoms. The third kappa shape index (κ3) is 5.71. The van der Waals surface area contributed by atoms with Gasteiger partial charge in [0, 0.05) is 39.2 Å². The first kappa shape index (κ1) is 32.9. The molecule has 0 amide bonds. The summed E-state index contributed by atoms with van der Waals surface area (Å²) in [6.07, 6.45) is 5.29. The van der Waals surface area contributed by atoms with Gasteiger partial charge in [0.1, 0.15) is 12.0 Å². The quantitative estimate of drug-likeness (QED) is 0.0995. The van der Waals surface area contributed by atoms with E-state index in [1.165, 1.54) is 61.2 Å². The maximum atomic E-state index is 6.81. The first-order valence-corrected chi connectivity index (χ1v) is 18.7. The lowest BCUT2D eigenvalue weighted by atomic mass is 9.81. The van der Waals surface area contributed by atoms with Crippen molar-refractivity contribution in [2.75, 3.05) is 0 Å². The minimum atomic E-state index is -0.424. The molecule has 2 aliphatic carbocycles. The van der Waals surface area contributed by atoms with E-state index in [1.807, 2.05) is 24.3 Å². The van der Waals surface area contributed by atoms with Crippen molar-refractivity contribution in [1.82, 2.24) is 9.88 Å². The highest BCUT2D eigenvalue weighted by Gasteiger charge is 2.39. The Morgan fingerprint density at radius 2 is 1.51 bits per heavy atom. The van der Waals surface area contributed by atoms with Gasteiger partial charge in [-0.15, -0.1) is 0 Å². The average Bonchev–Trinajstić information content (AvgIpc) is 3.66. The third-order valence-corrected chi connectivity index (χ3v) is 11.3. The maximum absolute atomic E-state index is 6.81. The number of nitrogens with one attached hydrogen (secondary N) is 1. The summed E-state index contributed by atoms with van der Waals surface area (Å²) >= 11 is 0. The molecule has 3 N–H and O–H groups in total. The molecule has 2 atom stereocenters. The lowest BCUT2D eigenvalue weighted by molar-refractivity contribution is 0.661. The van der Waals surface area contributed by atoms with Crippen LogP contribution in [0.25, 0.3) is 44.9 Å². The highest BCUT2D eigenvalue weighted by atomic mass is 15.1. The SMILES string of the molecule is CC1CC=Cc2c1n(-c1cccc(CN=C(NC(N)c3ccc(-c4ccccc4)cc3)c3ccccc3)c1)c1c3c(ccc21)-c1ccccc1C3(C)C. The molecule has 2 unspecified atom stereocenters. The molecule has 260 valence electrons. The second-order valence-electron chi connectivity index (χ2n) is 15.0. The van der Waals surface area contributed by atoms with Gasteiger partial charge in [-0.3, -0.25) is 4.99 Å². The standard InChI is InChI=1S/C49H44N4/c1-32-14-12-22-41-42-29-28-40-39-21-10-11-23-43(39)49(2,3)44(40)46(42)53(45(32)41)38-20-13-15-33(30-38)31-51-48(37-18-8-5-9-19-37)52-47(50)36-26-24-35(25-27-36)34-16-6-4-7-17-34/h4-13,15-30,32,47H,14,31,50H2,1-3H3,(H,51,52). The predicted molar refractivity (Wildman–Crippen MR) is 222 cm³/mol. The Morgan fingerprint density at radius 3 is 2.30 bits per heavy atom. The number of hydrogen-bond donors (Lipinski definition) is 2. The molecule has 53 heavy (non-hydrogen) atoms. The first-order valence-electron chi connectivity index (χ1n) is 18.7. The van der Waals surface area contributed by atoms with Gasteiger partial charge in [-0.2, -0.15) is 0 Å². The molecular weight excluding hydrogens is 645 g/mol. The summed E-state index contributed by atoms with van der Waals surface area (Å²) < 4.78 is 2.57. The van der Waals surface area contributed by atoms with Gasteiger partial charge in [-0.05, 0) is 63.1 Å². The number of fused-ring (bicyclic) bond motifs is 7. The van der Waals surface area contributed by atoms with Crippen LogP contribution in [0.2, 0.25) is 0 Å². The van der Waals surface area contributed by atoms with E-state index in [2.05, 4.69) is 164 Å². The van der Waals surface area contributed by atoms with Crippen LogP contribution in [-0.4, -0.2) is 10.4 Å². The molecule has 4 nitrogen and oxygen atoms in total. The zero-order valence-electron chi connectivity index (χ0n) is 30.6. The van der Waals surface area contributed by atoms with Crippen molar-refractivity contribution in [2.24, 2.45) is 10.7 Å². The molecule has 0 spiro atoms. The van der Waals surface area contributed by atoms with Gasteiger partial charge >= 0.3 is 0 Å². The summed E-state index contributed by atoms with van der Waals surface area (Å²) in [5, 5.41) is 4.88. The van der Waals surface area contributed by atoms with E-state index in [4.69, 9.17) is 10.7 Å². The molecular formula is C49H44N4. The summed E-state index contributed by atoms with van der Waals surface area (Å²) in [7, 11) is 0. The number of amidine groups is 1. The number of nitrogens with zero attached hydrogens (tertiary/aromatic N) is 2. The summed E-state index contributed by atoms with van der Waals surface area (Å²) in [4.78, 5) is 5.20. The lowest BCUT2D eigenvalue weighted by Crippen LogP contribution is -2.34. The molecule has 0 saturated carbocycles. The number of allylic oxidation sites excluding steroid dienone is 1. The minimum Gasteiger partial charge on any atom is -0.351 e. The van der Waals surface area contributed by atoms with Gasteiger partial charge < -0.3 is 15.6 Å². The molecule has 0 radical (unpaired) electrons. The number of benzene rings is 6. The average molecular weight is 689 g/mol. The number of rotatable bonds is 7. The van der Waals surface area contributed by atoms with Crippen LogP contribution in [0.1, 0.15) is 78.4 Å². The van der Waals surface area contributed by atoms with Crippen LogP contribution in [0.15, 0.2) is 157 Å². The summed E-state index contributed by atoms with van der Waals surface area (Å²) in [6.45, 7) is 7.65. The van der Waals surface area contributed by atoms with Gasteiger partial charge in [-0.1, -0.05) is 166 Å². The van der Waals surface area contributed by atoms with Crippen molar-refractivity contribution in [1.29, 1.82) is 0 Å². The van der Waals surface area contributed by atoms with Crippen LogP contribution in [0.4, 0.5) is 0 Å². The molecule has 2 aliphatic rings. The van der Waals surface area contributed by atoms with Crippen LogP contribution >= 0.6 is 0 Å². The molecule has 1 heterocycles. The molecule has 6 aromatic carbocycles. The van der Waals surface area contributed by atoms with Crippen molar-refractivity contribution in [3.63, 3.8) is 0 Å². The van der Waals surface area contributed by atoms with E-state index < -0.39 is 6.17 Å². The van der Waals surface area contributed by atoms with Crippen molar-refractivity contribution < 1.29 is 0 Å². The monoisotopic (exact) mass is 688 g/mol. The molecule has 1 aromatic heterocycles. The third-order valence-electron chi connectivity index (χ3n) is 11.3. The molecule has 7 aromatic rings. The Hall–Kier alpha value is -5.97. The summed E-state index contributed by atoms with van der Waals surface area (Å²) in [6, 6.07) is 51.8. The smallest absolute Gasteiger partial charge is 0.130 e. The largest absolute Gasteiger partial charge is 0.351 e. The van der Waals surface area contributed by atoms with Gasteiger partial charge in [-0.25, -0.2) is 0 Å². The van der Waals surface area contributed by atoms with Gasteiger partial charge in [0.25, 0.3) is 0 Å². The second-order valence-corrected chi connectivity index (χ2v) is 15.0. The fourth-order valence-electron chi connectivity index (χ4n) is 8.63. The number of hydrogen-bond acceptors (Lipinski definition) is 2. The van der Waals surface area contributed by atoms with E-state index in [-0.39, 0.29) is 5.41 Å². The van der Waals surface area contributed by atoms with E-state index in [9.17, 15) is 0 Å². The number of nitrogens with two attached hydrogens (primary N) is 1. The van der Waals surface area contributed by atoms with E-state index in [0.29, 0.717) is 12.5 Å². The Balaban J connectivity index is 1.09. The van der Waals surface area contributed by atoms with Crippen LogP contribution in [-0.2, 0) is 12.0 Å². The van der Waals surface area contributed by atoms with Gasteiger partial charge in [0.2, 0.25) is 0 Å². The maximum Gasteiger partial charge on any atom is 0.130 e. The zero-order chi connectivity index (χ0) is 36.1. The number of aliphatic imine (C=N–C) groups is 1. The van der Waals surface area contributed by atoms with Crippen molar-refractivity contribution in [3.8, 4) is 27.9 Å². The predicted octanol–water partition coefficient (Wildman–Crippen LogP) is 11.3. The normalized spacial score (nSPS) is 16.2.